The fourth-order valence-electron chi connectivity index (χ4n) is 1.61. The maximum atomic E-state index is 13.6. The molecule has 0 bridgehead atoms. The molecule has 1 atom stereocenters. The SMILES string of the molecule is CCCNC(C(=O)OC)c1ccc(OC)c(F)c1. The van der Waals surface area contributed by atoms with Gasteiger partial charge in [-0.3, -0.25) is 0 Å². The molecular formula is C13H18FNO3. The molecule has 1 aromatic rings. The van der Waals surface area contributed by atoms with Gasteiger partial charge in [-0.15, -0.1) is 0 Å². The summed E-state index contributed by atoms with van der Waals surface area (Å²) in [6.07, 6.45) is 0.867. The maximum absolute atomic E-state index is 13.6. The van der Waals surface area contributed by atoms with Crippen molar-refractivity contribution in [3.05, 3.63) is 29.6 Å². The Labute approximate surface area is 106 Å². The molecule has 0 heterocycles. The van der Waals surface area contributed by atoms with E-state index < -0.39 is 17.8 Å². The highest BCUT2D eigenvalue weighted by Crippen LogP contribution is 2.22. The Morgan fingerprint density at radius 3 is 2.67 bits per heavy atom. The van der Waals surface area contributed by atoms with Crippen LogP contribution < -0.4 is 10.1 Å². The minimum atomic E-state index is -0.657. The normalized spacial score (nSPS) is 12.0. The summed E-state index contributed by atoms with van der Waals surface area (Å²) in [6.45, 7) is 2.63. The van der Waals surface area contributed by atoms with Crippen molar-refractivity contribution in [2.45, 2.75) is 19.4 Å². The molecule has 0 radical (unpaired) electrons. The molecule has 0 spiro atoms. The van der Waals surface area contributed by atoms with Crippen molar-refractivity contribution < 1.29 is 18.7 Å². The molecule has 1 aromatic carbocycles. The Balaban J connectivity index is 2.97. The van der Waals surface area contributed by atoms with Crippen LogP contribution in [0.2, 0.25) is 0 Å². The van der Waals surface area contributed by atoms with Gasteiger partial charge in [-0.2, -0.15) is 0 Å². The molecule has 0 saturated heterocycles. The van der Waals surface area contributed by atoms with Gasteiger partial charge in [-0.05, 0) is 30.7 Å². The number of carbonyl (C=O) groups is 1. The summed E-state index contributed by atoms with van der Waals surface area (Å²) < 4.78 is 23.1. The van der Waals surface area contributed by atoms with Gasteiger partial charge in [-0.25, -0.2) is 9.18 Å². The van der Waals surface area contributed by atoms with Gasteiger partial charge in [0.2, 0.25) is 0 Å². The topological polar surface area (TPSA) is 47.6 Å². The number of ether oxygens (including phenoxy) is 2. The molecule has 0 fully saturated rings. The summed E-state index contributed by atoms with van der Waals surface area (Å²) in [6, 6.07) is 3.76. The third kappa shape index (κ3) is 3.43. The van der Waals surface area contributed by atoms with E-state index in [0.29, 0.717) is 12.1 Å². The standard InChI is InChI=1S/C13H18FNO3/c1-4-7-15-12(13(16)18-3)9-5-6-11(17-2)10(14)8-9/h5-6,8,12,15H,4,7H2,1-3H3. The summed E-state index contributed by atoms with van der Waals surface area (Å²) in [5, 5.41) is 3.02. The average molecular weight is 255 g/mol. The van der Waals surface area contributed by atoms with Gasteiger partial charge in [-0.1, -0.05) is 13.0 Å². The van der Waals surface area contributed by atoms with Crippen LogP contribution in [0.3, 0.4) is 0 Å². The molecule has 1 N–H and O–H groups in total. The third-order valence-electron chi connectivity index (χ3n) is 2.54. The highest BCUT2D eigenvalue weighted by atomic mass is 19.1. The van der Waals surface area contributed by atoms with Crippen LogP contribution in [0.25, 0.3) is 0 Å². The van der Waals surface area contributed by atoms with E-state index in [1.807, 2.05) is 6.92 Å². The number of halogens is 1. The lowest BCUT2D eigenvalue weighted by Gasteiger charge is -2.17. The number of carbonyl (C=O) groups excluding carboxylic acids is 1. The molecule has 0 aliphatic heterocycles. The highest BCUT2D eigenvalue weighted by Gasteiger charge is 2.21. The van der Waals surface area contributed by atoms with Crippen molar-refractivity contribution in [2.75, 3.05) is 20.8 Å². The minimum absolute atomic E-state index is 0.151. The van der Waals surface area contributed by atoms with E-state index in [-0.39, 0.29) is 5.75 Å². The zero-order chi connectivity index (χ0) is 13.5. The van der Waals surface area contributed by atoms with Crippen LogP contribution in [0.4, 0.5) is 4.39 Å². The van der Waals surface area contributed by atoms with E-state index >= 15 is 0 Å². The number of methoxy groups -OCH3 is 2. The molecule has 0 saturated carbocycles. The number of rotatable bonds is 6. The number of nitrogens with one attached hydrogen (secondary N) is 1. The van der Waals surface area contributed by atoms with Crippen LogP contribution >= 0.6 is 0 Å². The second-order valence-corrected chi connectivity index (χ2v) is 3.80. The van der Waals surface area contributed by atoms with Gasteiger partial charge in [0.05, 0.1) is 14.2 Å². The number of hydrogen-bond acceptors (Lipinski definition) is 4. The Bertz CT molecular complexity index is 409. The van der Waals surface area contributed by atoms with Crippen LogP contribution in [-0.2, 0) is 9.53 Å². The predicted molar refractivity (Wildman–Crippen MR) is 66.0 cm³/mol. The van der Waals surface area contributed by atoms with Crippen LogP contribution in [0.15, 0.2) is 18.2 Å². The Kier molecular flexibility index (Phi) is 5.58. The Hall–Kier alpha value is -1.62. The van der Waals surface area contributed by atoms with Gasteiger partial charge in [0.25, 0.3) is 0 Å². The molecule has 1 unspecified atom stereocenters. The van der Waals surface area contributed by atoms with E-state index in [0.717, 1.165) is 6.42 Å². The van der Waals surface area contributed by atoms with Gasteiger partial charge in [0.15, 0.2) is 11.6 Å². The zero-order valence-electron chi connectivity index (χ0n) is 10.8. The van der Waals surface area contributed by atoms with E-state index in [9.17, 15) is 9.18 Å². The first-order chi connectivity index (χ1) is 8.63. The Morgan fingerprint density at radius 1 is 1.44 bits per heavy atom. The number of esters is 1. The predicted octanol–water partition coefficient (Wildman–Crippen LogP) is 2.05. The summed E-state index contributed by atoms with van der Waals surface area (Å²) in [7, 11) is 2.70. The fourth-order valence-corrected chi connectivity index (χ4v) is 1.61. The van der Waals surface area contributed by atoms with Crippen LogP contribution in [0.1, 0.15) is 24.9 Å². The average Bonchev–Trinajstić information content (AvgIpc) is 2.39. The molecule has 0 aliphatic carbocycles. The molecule has 1 rings (SSSR count). The molecule has 0 aliphatic rings. The first-order valence-electron chi connectivity index (χ1n) is 5.78. The molecule has 5 heteroatoms. The summed E-state index contributed by atoms with van der Waals surface area (Å²) in [5.41, 5.74) is 0.522. The van der Waals surface area contributed by atoms with Crippen molar-refractivity contribution in [3.8, 4) is 5.75 Å². The molecule has 18 heavy (non-hydrogen) atoms. The summed E-state index contributed by atoms with van der Waals surface area (Å²) in [5.74, 6) is -0.784. The summed E-state index contributed by atoms with van der Waals surface area (Å²) >= 11 is 0. The van der Waals surface area contributed by atoms with Crippen LogP contribution in [-0.4, -0.2) is 26.7 Å². The Morgan fingerprint density at radius 2 is 2.17 bits per heavy atom. The van der Waals surface area contributed by atoms with Gasteiger partial charge in [0.1, 0.15) is 6.04 Å². The van der Waals surface area contributed by atoms with Gasteiger partial charge in [0, 0.05) is 0 Å². The van der Waals surface area contributed by atoms with Crippen molar-refractivity contribution in [1.82, 2.24) is 5.32 Å². The van der Waals surface area contributed by atoms with Gasteiger partial charge >= 0.3 is 5.97 Å². The van der Waals surface area contributed by atoms with Crippen LogP contribution in [0.5, 0.6) is 5.75 Å². The summed E-state index contributed by atoms with van der Waals surface area (Å²) in [4.78, 5) is 11.6. The lowest BCUT2D eigenvalue weighted by atomic mass is 10.1. The number of hydrogen-bond donors (Lipinski definition) is 1. The molecule has 0 aromatic heterocycles. The lowest BCUT2D eigenvalue weighted by molar-refractivity contribution is -0.143. The van der Waals surface area contributed by atoms with E-state index in [4.69, 9.17) is 9.47 Å². The lowest BCUT2D eigenvalue weighted by Crippen LogP contribution is -2.30. The smallest absolute Gasteiger partial charge is 0.327 e. The highest BCUT2D eigenvalue weighted by molar-refractivity contribution is 5.77. The minimum Gasteiger partial charge on any atom is -0.494 e. The first kappa shape index (κ1) is 14.4. The first-order valence-corrected chi connectivity index (χ1v) is 5.78. The number of benzene rings is 1. The van der Waals surface area contributed by atoms with Crippen LogP contribution in [0, 0.1) is 5.82 Å². The van der Waals surface area contributed by atoms with E-state index in [2.05, 4.69) is 5.32 Å². The van der Waals surface area contributed by atoms with Crippen molar-refractivity contribution in [1.29, 1.82) is 0 Å². The molecule has 4 nitrogen and oxygen atoms in total. The molecule has 0 amide bonds. The largest absolute Gasteiger partial charge is 0.494 e. The second-order valence-electron chi connectivity index (χ2n) is 3.80. The van der Waals surface area contributed by atoms with E-state index in [1.54, 1.807) is 6.07 Å². The third-order valence-corrected chi connectivity index (χ3v) is 2.54. The van der Waals surface area contributed by atoms with Crippen molar-refractivity contribution in [2.24, 2.45) is 0 Å². The van der Waals surface area contributed by atoms with Crippen molar-refractivity contribution in [3.63, 3.8) is 0 Å². The second kappa shape index (κ2) is 6.96. The monoisotopic (exact) mass is 255 g/mol. The quantitative estimate of drug-likeness (QED) is 0.790. The van der Waals surface area contributed by atoms with Crippen molar-refractivity contribution >= 4 is 5.97 Å². The fraction of sp³-hybridized carbons (Fsp3) is 0.462. The molecular weight excluding hydrogens is 237 g/mol. The zero-order valence-corrected chi connectivity index (χ0v) is 10.8. The maximum Gasteiger partial charge on any atom is 0.327 e. The van der Waals surface area contributed by atoms with E-state index in [1.165, 1.54) is 26.4 Å². The molecule has 100 valence electrons. The van der Waals surface area contributed by atoms with Gasteiger partial charge < -0.3 is 14.8 Å².